The molecule has 3 amide bonds. The Morgan fingerprint density at radius 1 is 0.712 bits per heavy atom. The number of primary amides is 1. The van der Waals surface area contributed by atoms with Crippen LogP contribution in [0.25, 0.3) is 11.0 Å². The third-order valence-electron chi connectivity index (χ3n) is 8.33. The molecule has 2 aromatic rings. The van der Waals surface area contributed by atoms with Crippen LogP contribution in [0.1, 0.15) is 43.5 Å². The van der Waals surface area contributed by atoms with Crippen LogP contribution >= 0.6 is 0 Å². The Morgan fingerprint density at radius 2 is 1.20 bits per heavy atom. The summed E-state index contributed by atoms with van der Waals surface area (Å²) in [4.78, 5) is 54.6. The van der Waals surface area contributed by atoms with E-state index < -0.39 is 23.5 Å². The lowest BCUT2D eigenvalue weighted by atomic mass is 10.1. The molecule has 0 saturated carbocycles. The van der Waals surface area contributed by atoms with Gasteiger partial charge in [0.15, 0.2) is 5.96 Å². The Hall–Kier alpha value is -4.41. The van der Waals surface area contributed by atoms with Crippen molar-refractivity contribution < 1.29 is 56.7 Å². The molecular weight excluding hydrogens is 774 g/mol. The molecule has 8 N–H and O–H groups in total. The van der Waals surface area contributed by atoms with E-state index in [9.17, 15) is 19.2 Å². The first-order valence-corrected chi connectivity index (χ1v) is 20.0. The standard InChI is InChI=1S/C39H65N7O13/c1-3-46(4-2)31-8-7-30-28-32(38(50)59-34(30)29-31)37(49)43-11-13-52-15-17-54-19-21-56-23-25-58-27-26-57-24-22-55-20-18-53-16-14-51-12-9-35(47)45-33(36(40)48)6-5-10-44-39(41)42/h7-8,28-29,33H,3-6,9-27H2,1-2H3,(H2,40,48)(H,43,49)(H,45,47)(H4,41,42,44). The number of benzene rings is 1. The Bertz CT molecular complexity index is 1550. The highest BCUT2D eigenvalue weighted by Crippen LogP contribution is 2.22. The maximum absolute atomic E-state index is 12.6. The molecule has 334 valence electrons. The minimum atomic E-state index is -0.795. The third-order valence-corrected chi connectivity index (χ3v) is 8.33. The van der Waals surface area contributed by atoms with Gasteiger partial charge in [-0.15, -0.1) is 0 Å². The van der Waals surface area contributed by atoms with Gasteiger partial charge in [-0.25, -0.2) is 4.79 Å². The van der Waals surface area contributed by atoms with E-state index >= 15 is 0 Å². The summed E-state index contributed by atoms with van der Waals surface area (Å²) in [5, 5.41) is 5.95. The van der Waals surface area contributed by atoms with Gasteiger partial charge < -0.3 is 75.0 Å². The molecule has 1 aromatic carbocycles. The SMILES string of the molecule is CCN(CC)c1ccc2cc(C(=O)NCCOCCOCCOCCOCCOCCOCCOCCOCCC(=O)NC(CCCN=C(N)N)C(N)=O)c(=O)oc2c1. The molecule has 0 aliphatic heterocycles. The summed E-state index contributed by atoms with van der Waals surface area (Å²) >= 11 is 0. The van der Waals surface area contributed by atoms with Crippen LogP contribution in [0.2, 0.25) is 0 Å². The summed E-state index contributed by atoms with van der Waals surface area (Å²) in [6, 6.07) is 6.36. The van der Waals surface area contributed by atoms with Crippen molar-refractivity contribution in [2.45, 2.75) is 39.2 Å². The number of hydrogen-bond donors (Lipinski definition) is 5. The monoisotopic (exact) mass is 839 g/mol. The average Bonchev–Trinajstić information content (AvgIpc) is 3.21. The third kappa shape index (κ3) is 23.7. The average molecular weight is 840 g/mol. The highest BCUT2D eigenvalue weighted by molar-refractivity contribution is 5.97. The smallest absolute Gasteiger partial charge is 0.349 e. The zero-order valence-corrected chi connectivity index (χ0v) is 34.6. The Labute approximate surface area is 345 Å². The van der Waals surface area contributed by atoms with Gasteiger partial charge in [-0.05, 0) is 44.9 Å². The summed E-state index contributed by atoms with van der Waals surface area (Å²) in [6.45, 7) is 12.4. The lowest BCUT2D eigenvalue weighted by Gasteiger charge is -2.21. The molecule has 2 rings (SSSR count). The van der Waals surface area contributed by atoms with E-state index in [1.54, 1.807) is 6.07 Å². The zero-order valence-electron chi connectivity index (χ0n) is 34.6. The van der Waals surface area contributed by atoms with E-state index in [1.807, 2.05) is 18.2 Å². The van der Waals surface area contributed by atoms with Crippen LogP contribution in [0, 0.1) is 0 Å². The van der Waals surface area contributed by atoms with Crippen molar-refractivity contribution in [2.24, 2.45) is 22.2 Å². The molecule has 59 heavy (non-hydrogen) atoms. The number of hydrogen-bond acceptors (Lipinski definition) is 15. The molecule has 20 heteroatoms. The summed E-state index contributed by atoms with van der Waals surface area (Å²) in [5.41, 5.74) is 16.5. The number of anilines is 1. The van der Waals surface area contributed by atoms with Crippen LogP contribution in [-0.4, -0.2) is 162 Å². The second-order valence-electron chi connectivity index (χ2n) is 12.7. The van der Waals surface area contributed by atoms with Crippen molar-refractivity contribution >= 4 is 40.3 Å². The molecule has 0 fully saturated rings. The first-order chi connectivity index (χ1) is 28.7. The van der Waals surface area contributed by atoms with Gasteiger partial charge in [0.25, 0.3) is 5.91 Å². The number of aliphatic imine (C=N–C) groups is 1. The number of rotatable bonds is 37. The number of nitrogens with one attached hydrogen (secondary N) is 2. The molecule has 20 nitrogen and oxygen atoms in total. The normalized spacial score (nSPS) is 11.7. The number of carbonyl (C=O) groups is 3. The number of nitrogens with zero attached hydrogens (tertiary/aromatic N) is 2. The van der Waals surface area contributed by atoms with E-state index in [1.165, 1.54) is 0 Å². The van der Waals surface area contributed by atoms with E-state index in [0.29, 0.717) is 123 Å². The number of nitrogens with two attached hydrogens (primary N) is 3. The van der Waals surface area contributed by atoms with Gasteiger partial charge in [0, 0.05) is 49.7 Å². The van der Waals surface area contributed by atoms with Gasteiger partial charge >= 0.3 is 5.63 Å². The number of guanidine groups is 1. The van der Waals surface area contributed by atoms with Crippen LogP contribution < -0.4 is 38.4 Å². The van der Waals surface area contributed by atoms with E-state index in [2.05, 4.69) is 34.4 Å². The molecule has 1 heterocycles. The highest BCUT2D eigenvalue weighted by atomic mass is 16.6. The molecule has 1 unspecified atom stereocenters. The molecule has 0 spiro atoms. The van der Waals surface area contributed by atoms with E-state index in [0.717, 1.165) is 18.8 Å². The molecule has 0 aliphatic rings. The first-order valence-electron chi connectivity index (χ1n) is 20.0. The molecule has 1 aromatic heterocycles. The highest BCUT2D eigenvalue weighted by Gasteiger charge is 2.18. The summed E-state index contributed by atoms with van der Waals surface area (Å²) < 4.78 is 49.1. The lowest BCUT2D eigenvalue weighted by molar-refractivity contribution is -0.128. The molecule has 0 bridgehead atoms. The number of fused-ring (bicyclic) bond motifs is 1. The Balaban J connectivity index is 1.30. The molecule has 0 aliphatic carbocycles. The maximum atomic E-state index is 12.6. The van der Waals surface area contributed by atoms with Gasteiger partial charge in [0.2, 0.25) is 11.8 Å². The largest absolute Gasteiger partial charge is 0.422 e. The number of ether oxygens (including phenoxy) is 8. The number of carbonyl (C=O) groups excluding carboxylic acids is 3. The summed E-state index contributed by atoms with van der Waals surface area (Å²) in [5.74, 6) is -1.52. The fourth-order valence-corrected chi connectivity index (χ4v) is 5.24. The van der Waals surface area contributed by atoms with Crippen molar-refractivity contribution in [3.05, 3.63) is 40.2 Å². The minimum absolute atomic E-state index is 0.0365. The predicted molar refractivity (Wildman–Crippen MR) is 221 cm³/mol. The Kier molecular flexibility index (Phi) is 27.9. The van der Waals surface area contributed by atoms with Crippen LogP contribution in [0.5, 0.6) is 0 Å². The summed E-state index contributed by atoms with van der Waals surface area (Å²) in [7, 11) is 0. The Morgan fingerprint density at radius 3 is 1.68 bits per heavy atom. The molecule has 1 atom stereocenters. The predicted octanol–water partition coefficient (Wildman–Crippen LogP) is -0.0844. The quantitative estimate of drug-likeness (QED) is 0.0258. The lowest BCUT2D eigenvalue weighted by Crippen LogP contribution is -2.44. The van der Waals surface area contributed by atoms with Gasteiger partial charge in [-0.2, -0.15) is 0 Å². The fourth-order valence-electron chi connectivity index (χ4n) is 5.24. The second kappa shape index (κ2) is 32.4. The second-order valence-corrected chi connectivity index (χ2v) is 12.7. The van der Waals surface area contributed by atoms with E-state index in [-0.39, 0.29) is 43.6 Å². The van der Waals surface area contributed by atoms with Gasteiger partial charge in [-0.1, -0.05) is 0 Å². The van der Waals surface area contributed by atoms with E-state index in [4.69, 9.17) is 59.5 Å². The van der Waals surface area contributed by atoms with Gasteiger partial charge in [0.05, 0.1) is 106 Å². The van der Waals surface area contributed by atoms with Crippen molar-refractivity contribution in [1.82, 2.24) is 10.6 Å². The fraction of sp³-hybridized carbons (Fsp3) is 0.667. The molecular formula is C39H65N7O13. The first kappa shape index (κ1) is 50.7. The summed E-state index contributed by atoms with van der Waals surface area (Å²) in [6.07, 6.45) is 0.909. The topological polar surface area (TPSA) is 273 Å². The van der Waals surface area contributed by atoms with Gasteiger partial charge in [0.1, 0.15) is 17.2 Å². The van der Waals surface area contributed by atoms with Crippen LogP contribution in [0.15, 0.2) is 38.5 Å². The van der Waals surface area contributed by atoms with Crippen molar-refractivity contribution in [3.63, 3.8) is 0 Å². The maximum Gasteiger partial charge on any atom is 0.349 e. The minimum Gasteiger partial charge on any atom is -0.422 e. The van der Waals surface area contributed by atoms with Crippen LogP contribution in [-0.2, 0) is 47.5 Å². The van der Waals surface area contributed by atoms with Gasteiger partial charge in [-0.3, -0.25) is 19.4 Å². The van der Waals surface area contributed by atoms with Crippen molar-refractivity contribution in [1.29, 1.82) is 0 Å². The van der Waals surface area contributed by atoms with Crippen LogP contribution in [0.4, 0.5) is 5.69 Å². The van der Waals surface area contributed by atoms with Crippen LogP contribution in [0.3, 0.4) is 0 Å². The van der Waals surface area contributed by atoms with Crippen molar-refractivity contribution in [2.75, 3.05) is 137 Å². The van der Waals surface area contributed by atoms with Crippen molar-refractivity contribution in [3.8, 4) is 0 Å². The molecule has 0 radical (unpaired) electrons. The molecule has 0 saturated heterocycles. The number of amides is 3. The zero-order chi connectivity index (χ0) is 42.9.